The third-order valence-electron chi connectivity index (χ3n) is 3.35. The Morgan fingerprint density at radius 2 is 1.96 bits per heavy atom. The summed E-state index contributed by atoms with van der Waals surface area (Å²) >= 11 is 0. The van der Waals surface area contributed by atoms with Crippen molar-refractivity contribution in [2.24, 2.45) is 0 Å². The SMILES string of the molecule is CC(C)(Oc1ccc(F)cc1)C(=O)OCc1cc(-c2ccco2)on1. The van der Waals surface area contributed by atoms with E-state index in [1.165, 1.54) is 30.5 Å². The number of carbonyl (C=O) groups is 1. The van der Waals surface area contributed by atoms with Gasteiger partial charge in [-0.15, -0.1) is 0 Å². The Morgan fingerprint density at radius 1 is 1.20 bits per heavy atom. The number of benzene rings is 1. The van der Waals surface area contributed by atoms with E-state index in [1.54, 1.807) is 32.0 Å². The first-order chi connectivity index (χ1) is 11.9. The summed E-state index contributed by atoms with van der Waals surface area (Å²) in [7, 11) is 0. The van der Waals surface area contributed by atoms with Crippen molar-refractivity contribution in [1.29, 1.82) is 0 Å². The summed E-state index contributed by atoms with van der Waals surface area (Å²) < 4.78 is 34.1. The molecule has 0 aliphatic heterocycles. The van der Waals surface area contributed by atoms with Gasteiger partial charge in [0.1, 0.15) is 23.9 Å². The molecule has 2 heterocycles. The summed E-state index contributed by atoms with van der Waals surface area (Å²) in [5.41, 5.74) is -0.803. The van der Waals surface area contributed by atoms with Crippen LogP contribution < -0.4 is 4.74 Å². The fraction of sp³-hybridized carbons (Fsp3) is 0.222. The van der Waals surface area contributed by atoms with Crippen molar-refractivity contribution in [3.8, 4) is 17.3 Å². The molecule has 0 N–H and O–H groups in total. The van der Waals surface area contributed by atoms with Gasteiger partial charge in [0.2, 0.25) is 5.76 Å². The van der Waals surface area contributed by atoms with Crippen molar-refractivity contribution < 1.29 is 27.6 Å². The van der Waals surface area contributed by atoms with Gasteiger partial charge in [0.25, 0.3) is 0 Å². The largest absolute Gasteiger partial charge is 0.476 e. The van der Waals surface area contributed by atoms with Gasteiger partial charge in [-0.05, 0) is 50.2 Å². The van der Waals surface area contributed by atoms with Gasteiger partial charge in [-0.2, -0.15) is 0 Å². The van der Waals surface area contributed by atoms with Crippen LogP contribution in [0.2, 0.25) is 0 Å². The Bertz CT molecular complexity index is 837. The second-order valence-electron chi connectivity index (χ2n) is 5.80. The Morgan fingerprint density at radius 3 is 2.64 bits per heavy atom. The highest BCUT2D eigenvalue weighted by atomic mass is 19.1. The first-order valence-corrected chi connectivity index (χ1v) is 7.55. The summed E-state index contributed by atoms with van der Waals surface area (Å²) in [6.07, 6.45) is 1.52. The number of hydrogen-bond acceptors (Lipinski definition) is 6. The average Bonchev–Trinajstić information content (AvgIpc) is 3.25. The fourth-order valence-corrected chi connectivity index (χ4v) is 2.07. The normalized spacial score (nSPS) is 11.3. The van der Waals surface area contributed by atoms with Crippen LogP contribution in [0.15, 0.2) is 57.7 Å². The van der Waals surface area contributed by atoms with Gasteiger partial charge in [0.15, 0.2) is 11.4 Å². The highest BCUT2D eigenvalue weighted by Gasteiger charge is 2.32. The van der Waals surface area contributed by atoms with Crippen molar-refractivity contribution in [3.05, 3.63) is 60.2 Å². The highest BCUT2D eigenvalue weighted by Crippen LogP contribution is 2.22. The van der Waals surface area contributed by atoms with Crippen LogP contribution >= 0.6 is 0 Å². The lowest BCUT2D eigenvalue weighted by atomic mass is 10.1. The van der Waals surface area contributed by atoms with Gasteiger partial charge in [-0.1, -0.05) is 5.16 Å². The lowest BCUT2D eigenvalue weighted by Gasteiger charge is -2.24. The molecule has 0 spiro atoms. The maximum absolute atomic E-state index is 12.9. The van der Waals surface area contributed by atoms with Crippen LogP contribution in [-0.4, -0.2) is 16.7 Å². The molecule has 25 heavy (non-hydrogen) atoms. The maximum atomic E-state index is 12.9. The second kappa shape index (κ2) is 6.80. The van der Waals surface area contributed by atoms with Crippen molar-refractivity contribution in [2.45, 2.75) is 26.1 Å². The Hall–Kier alpha value is -3.09. The minimum Gasteiger partial charge on any atom is -0.476 e. The molecule has 3 aromatic rings. The number of halogens is 1. The summed E-state index contributed by atoms with van der Waals surface area (Å²) in [6.45, 7) is 3.06. The highest BCUT2D eigenvalue weighted by molar-refractivity contribution is 5.79. The van der Waals surface area contributed by atoms with Crippen LogP contribution in [0, 0.1) is 5.82 Å². The zero-order chi connectivity index (χ0) is 17.9. The number of hydrogen-bond donors (Lipinski definition) is 0. The van der Waals surface area contributed by atoms with Gasteiger partial charge < -0.3 is 18.4 Å². The number of carbonyl (C=O) groups excluding carboxylic acids is 1. The fourth-order valence-electron chi connectivity index (χ4n) is 2.07. The molecule has 0 unspecified atom stereocenters. The lowest BCUT2D eigenvalue weighted by Crippen LogP contribution is -2.39. The van der Waals surface area contributed by atoms with E-state index < -0.39 is 11.6 Å². The van der Waals surface area contributed by atoms with E-state index in [-0.39, 0.29) is 12.4 Å². The Labute approximate surface area is 143 Å². The van der Waals surface area contributed by atoms with Crippen LogP contribution in [-0.2, 0) is 16.1 Å². The Kier molecular flexibility index (Phi) is 4.56. The van der Waals surface area contributed by atoms with Crippen molar-refractivity contribution in [1.82, 2.24) is 5.16 Å². The van der Waals surface area contributed by atoms with Gasteiger partial charge in [-0.3, -0.25) is 0 Å². The number of ether oxygens (including phenoxy) is 2. The monoisotopic (exact) mass is 345 g/mol. The molecule has 6 nitrogen and oxygen atoms in total. The predicted octanol–water partition coefficient (Wildman–Crippen LogP) is 3.97. The number of nitrogens with zero attached hydrogens (tertiary/aromatic N) is 1. The molecule has 0 radical (unpaired) electrons. The smallest absolute Gasteiger partial charge is 0.350 e. The predicted molar refractivity (Wildman–Crippen MR) is 85.1 cm³/mol. The lowest BCUT2D eigenvalue weighted by molar-refractivity contribution is -0.160. The quantitative estimate of drug-likeness (QED) is 0.629. The molecule has 3 rings (SSSR count). The molecule has 0 amide bonds. The number of esters is 1. The van der Waals surface area contributed by atoms with Gasteiger partial charge in [0, 0.05) is 6.07 Å². The van der Waals surface area contributed by atoms with E-state index in [0.717, 1.165) is 0 Å². The number of furan rings is 1. The first kappa shape index (κ1) is 16.8. The molecule has 0 fully saturated rings. The molecule has 1 aromatic carbocycles. The molecule has 2 aromatic heterocycles. The summed E-state index contributed by atoms with van der Waals surface area (Å²) in [6, 6.07) is 10.5. The van der Waals surface area contributed by atoms with Crippen molar-refractivity contribution in [2.75, 3.05) is 0 Å². The maximum Gasteiger partial charge on any atom is 0.350 e. The molecule has 0 saturated heterocycles. The molecular weight excluding hydrogens is 329 g/mol. The van der Waals surface area contributed by atoms with E-state index in [1.807, 2.05) is 0 Å². The molecule has 130 valence electrons. The topological polar surface area (TPSA) is 74.7 Å². The number of aromatic nitrogens is 1. The van der Waals surface area contributed by atoms with Crippen LogP contribution in [0.4, 0.5) is 4.39 Å². The van der Waals surface area contributed by atoms with E-state index in [9.17, 15) is 9.18 Å². The Balaban J connectivity index is 1.58. The van der Waals surface area contributed by atoms with E-state index >= 15 is 0 Å². The first-order valence-electron chi connectivity index (χ1n) is 7.55. The minimum absolute atomic E-state index is 0.0702. The summed E-state index contributed by atoms with van der Waals surface area (Å²) in [4.78, 5) is 12.2. The summed E-state index contributed by atoms with van der Waals surface area (Å²) in [5, 5.41) is 3.83. The molecule has 0 saturated carbocycles. The van der Waals surface area contributed by atoms with Crippen LogP contribution in [0.1, 0.15) is 19.5 Å². The number of rotatable bonds is 6. The van der Waals surface area contributed by atoms with Gasteiger partial charge in [0.05, 0.1) is 6.26 Å². The minimum atomic E-state index is -1.24. The van der Waals surface area contributed by atoms with Crippen LogP contribution in [0.5, 0.6) is 5.75 Å². The summed E-state index contributed by atoms with van der Waals surface area (Å²) in [5.74, 6) is 0.373. The molecule has 0 aliphatic rings. The zero-order valence-electron chi connectivity index (χ0n) is 13.7. The van der Waals surface area contributed by atoms with Crippen LogP contribution in [0.3, 0.4) is 0 Å². The van der Waals surface area contributed by atoms with Gasteiger partial charge in [-0.25, -0.2) is 9.18 Å². The molecular formula is C18H16FNO5. The van der Waals surface area contributed by atoms with Crippen LogP contribution in [0.25, 0.3) is 11.5 Å². The molecule has 0 atom stereocenters. The second-order valence-corrected chi connectivity index (χ2v) is 5.80. The third kappa shape index (κ3) is 4.06. The van der Waals surface area contributed by atoms with E-state index in [2.05, 4.69) is 5.16 Å². The average molecular weight is 345 g/mol. The molecule has 0 bridgehead atoms. The van der Waals surface area contributed by atoms with Crippen molar-refractivity contribution in [3.63, 3.8) is 0 Å². The van der Waals surface area contributed by atoms with E-state index in [4.69, 9.17) is 18.4 Å². The van der Waals surface area contributed by atoms with Gasteiger partial charge >= 0.3 is 5.97 Å². The standard InChI is InChI=1S/C18H16FNO5/c1-18(2,24-14-7-5-12(19)6-8-14)17(21)23-11-13-10-16(25-20-13)15-4-3-9-22-15/h3-10H,11H2,1-2H3. The third-order valence-corrected chi connectivity index (χ3v) is 3.35. The van der Waals surface area contributed by atoms with E-state index in [0.29, 0.717) is 23.0 Å². The molecule has 7 heteroatoms. The molecule has 0 aliphatic carbocycles. The zero-order valence-corrected chi connectivity index (χ0v) is 13.7. The van der Waals surface area contributed by atoms with Crippen molar-refractivity contribution >= 4 is 5.97 Å².